The van der Waals surface area contributed by atoms with Crippen LogP contribution in [0.25, 0.3) is 22.6 Å². The molecule has 0 aliphatic rings. The molecule has 0 bridgehead atoms. The molecule has 0 saturated carbocycles. The standard InChI is InChI=1S/C23H24N4O5/c1-14(28)12-27-21-19(22(29)25-23(27)30)26(2)20(24-21)16-9-10-17(18(11-16)31-3)32-13-15-7-5-4-6-8-15/h4-11,14,28H,12-13H2,1-3H3,(H,25,29,30). The highest BCUT2D eigenvalue weighted by molar-refractivity contribution is 5.77. The van der Waals surface area contributed by atoms with E-state index in [2.05, 4.69) is 9.97 Å². The summed E-state index contributed by atoms with van der Waals surface area (Å²) in [5.41, 5.74) is 1.01. The van der Waals surface area contributed by atoms with Gasteiger partial charge >= 0.3 is 5.69 Å². The largest absolute Gasteiger partial charge is 0.493 e. The Labute approximate surface area is 183 Å². The van der Waals surface area contributed by atoms with Crippen LogP contribution in [-0.2, 0) is 20.2 Å². The molecule has 0 spiro atoms. The topological polar surface area (TPSA) is 111 Å². The summed E-state index contributed by atoms with van der Waals surface area (Å²) < 4.78 is 14.3. The van der Waals surface area contributed by atoms with E-state index in [0.717, 1.165) is 5.56 Å². The number of aryl methyl sites for hydroxylation is 1. The lowest BCUT2D eigenvalue weighted by atomic mass is 10.2. The zero-order valence-corrected chi connectivity index (χ0v) is 18.0. The number of fused-ring (bicyclic) bond motifs is 1. The van der Waals surface area contributed by atoms with E-state index in [4.69, 9.17) is 9.47 Å². The minimum atomic E-state index is -0.784. The summed E-state index contributed by atoms with van der Waals surface area (Å²) in [5, 5.41) is 9.77. The molecule has 9 heteroatoms. The number of imidazole rings is 1. The summed E-state index contributed by atoms with van der Waals surface area (Å²) in [6.07, 6.45) is -0.784. The lowest BCUT2D eigenvalue weighted by molar-refractivity contribution is 0.173. The maximum absolute atomic E-state index is 12.5. The number of hydrogen-bond donors (Lipinski definition) is 2. The zero-order valence-electron chi connectivity index (χ0n) is 18.0. The van der Waals surface area contributed by atoms with Crippen LogP contribution in [0.3, 0.4) is 0 Å². The maximum Gasteiger partial charge on any atom is 0.330 e. The molecule has 32 heavy (non-hydrogen) atoms. The Balaban J connectivity index is 1.75. The van der Waals surface area contributed by atoms with E-state index < -0.39 is 17.4 Å². The van der Waals surface area contributed by atoms with Crippen LogP contribution in [0.1, 0.15) is 12.5 Å². The third-order valence-corrected chi connectivity index (χ3v) is 5.12. The van der Waals surface area contributed by atoms with Crippen LogP contribution in [0.4, 0.5) is 0 Å². The number of H-pyrrole nitrogens is 1. The summed E-state index contributed by atoms with van der Waals surface area (Å²) in [6, 6.07) is 15.2. The first-order chi connectivity index (χ1) is 15.4. The fourth-order valence-corrected chi connectivity index (χ4v) is 3.60. The molecular weight excluding hydrogens is 412 g/mol. The van der Waals surface area contributed by atoms with E-state index in [-0.39, 0.29) is 17.7 Å². The van der Waals surface area contributed by atoms with Gasteiger partial charge in [0.1, 0.15) is 12.4 Å². The Kier molecular flexibility index (Phi) is 5.83. The van der Waals surface area contributed by atoms with Crippen LogP contribution in [-0.4, -0.2) is 37.4 Å². The van der Waals surface area contributed by atoms with Crippen molar-refractivity contribution in [2.75, 3.05) is 7.11 Å². The molecule has 0 fully saturated rings. The molecule has 2 N–H and O–H groups in total. The number of aromatic nitrogens is 4. The fraction of sp³-hybridized carbons (Fsp3) is 0.261. The predicted octanol–water partition coefficient (Wildman–Crippen LogP) is 2.06. The van der Waals surface area contributed by atoms with Gasteiger partial charge in [-0.2, -0.15) is 0 Å². The summed E-state index contributed by atoms with van der Waals surface area (Å²) >= 11 is 0. The van der Waals surface area contributed by atoms with Crippen molar-refractivity contribution >= 4 is 11.2 Å². The highest BCUT2D eigenvalue weighted by Crippen LogP contribution is 2.33. The highest BCUT2D eigenvalue weighted by Gasteiger charge is 2.19. The second kappa shape index (κ2) is 8.72. The lowest BCUT2D eigenvalue weighted by Gasteiger charge is -2.12. The average molecular weight is 436 g/mol. The summed E-state index contributed by atoms with van der Waals surface area (Å²) in [6.45, 7) is 1.97. The van der Waals surface area contributed by atoms with Gasteiger partial charge in [0.15, 0.2) is 22.7 Å². The smallest absolute Gasteiger partial charge is 0.330 e. The van der Waals surface area contributed by atoms with Gasteiger partial charge in [0.2, 0.25) is 0 Å². The van der Waals surface area contributed by atoms with Crippen molar-refractivity contribution in [3.8, 4) is 22.9 Å². The molecular formula is C23H24N4O5. The van der Waals surface area contributed by atoms with Gasteiger partial charge < -0.3 is 19.1 Å². The quantitative estimate of drug-likeness (QED) is 0.459. The van der Waals surface area contributed by atoms with Crippen LogP contribution in [0, 0.1) is 0 Å². The number of rotatable bonds is 7. The number of hydrogen-bond acceptors (Lipinski definition) is 6. The first kappa shape index (κ1) is 21.4. The Hall–Kier alpha value is -3.85. The molecule has 1 atom stereocenters. The van der Waals surface area contributed by atoms with Crippen LogP contribution in [0.15, 0.2) is 58.1 Å². The van der Waals surface area contributed by atoms with Gasteiger partial charge in [-0.05, 0) is 30.7 Å². The number of methoxy groups -OCH3 is 1. The molecule has 2 aromatic heterocycles. The van der Waals surface area contributed by atoms with Crippen molar-refractivity contribution in [1.82, 2.24) is 19.1 Å². The molecule has 0 saturated heterocycles. The molecule has 0 aliphatic heterocycles. The Morgan fingerprint density at radius 3 is 2.56 bits per heavy atom. The Bertz CT molecular complexity index is 1370. The van der Waals surface area contributed by atoms with E-state index in [9.17, 15) is 14.7 Å². The van der Waals surface area contributed by atoms with Crippen molar-refractivity contribution in [2.45, 2.75) is 26.2 Å². The third kappa shape index (κ3) is 4.02. The molecule has 4 aromatic rings. The first-order valence-corrected chi connectivity index (χ1v) is 10.1. The van der Waals surface area contributed by atoms with Crippen molar-refractivity contribution in [2.24, 2.45) is 7.05 Å². The van der Waals surface area contributed by atoms with Crippen LogP contribution < -0.4 is 20.7 Å². The summed E-state index contributed by atoms with van der Waals surface area (Å²) in [7, 11) is 3.25. The second-order valence-corrected chi connectivity index (χ2v) is 7.53. The third-order valence-electron chi connectivity index (χ3n) is 5.12. The van der Waals surface area contributed by atoms with Crippen LogP contribution in [0.2, 0.25) is 0 Å². The number of aromatic amines is 1. The van der Waals surface area contributed by atoms with Gasteiger partial charge in [0.25, 0.3) is 5.56 Å². The van der Waals surface area contributed by atoms with Crippen molar-refractivity contribution < 1.29 is 14.6 Å². The highest BCUT2D eigenvalue weighted by atomic mass is 16.5. The molecule has 0 aliphatic carbocycles. The number of nitrogens with zero attached hydrogens (tertiary/aromatic N) is 3. The minimum Gasteiger partial charge on any atom is -0.493 e. The van der Waals surface area contributed by atoms with Gasteiger partial charge in [-0.1, -0.05) is 30.3 Å². The van der Waals surface area contributed by atoms with E-state index in [1.165, 1.54) is 4.57 Å². The lowest BCUT2D eigenvalue weighted by Crippen LogP contribution is -2.33. The van der Waals surface area contributed by atoms with Gasteiger partial charge in [0.05, 0.1) is 19.8 Å². The first-order valence-electron chi connectivity index (χ1n) is 10.1. The molecule has 2 heterocycles. The van der Waals surface area contributed by atoms with Crippen molar-refractivity contribution in [3.63, 3.8) is 0 Å². The van der Waals surface area contributed by atoms with Gasteiger partial charge in [-0.15, -0.1) is 0 Å². The average Bonchev–Trinajstić information content (AvgIpc) is 3.13. The monoisotopic (exact) mass is 436 g/mol. The fourth-order valence-electron chi connectivity index (χ4n) is 3.60. The van der Waals surface area contributed by atoms with Crippen molar-refractivity contribution in [1.29, 1.82) is 0 Å². The van der Waals surface area contributed by atoms with E-state index in [0.29, 0.717) is 29.5 Å². The van der Waals surface area contributed by atoms with Gasteiger partial charge in [-0.25, -0.2) is 9.78 Å². The van der Waals surface area contributed by atoms with Crippen LogP contribution >= 0.6 is 0 Å². The van der Waals surface area contributed by atoms with Gasteiger partial charge in [-0.3, -0.25) is 14.3 Å². The molecule has 9 nitrogen and oxygen atoms in total. The van der Waals surface area contributed by atoms with E-state index in [1.54, 1.807) is 37.8 Å². The SMILES string of the molecule is COc1cc(-c2nc3c(c(=O)[nH]c(=O)n3CC(C)O)n2C)ccc1OCc1ccccc1. The Morgan fingerprint density at radius 1 is 1.12 bits per heavy atom. The zero-order chi connectivity index (χ0) is 22.8. The molecule has 0 amide bonds. The molecule has 166 valence electrons. The summed E-state index contributed by atoms with van der Waals surface area (Å²) in [4.78, 5) is 31.6. The second-order valence-electron chi connectivity index (χ2n) is 7.53. The van der Waals surface area contributed by atoms with Crippen LogP contribution in [0.5, 0.6) is 11.5 Å². The summed E-state index contributed by atoms with van der Waals surface area (Å²) in [5.74, 6) is 1.56. The van der Waals surface area contributed by atoms with E-state index in [1.807, 2.05) is 36.4 Å². The maximum atomic E-state index is 12.5. The normalized spacial score (nSPS) is 12.1. The number of ether oxygens (including phenoxy) is 2. The van der Waals surface area contributed by atoms with Crippen molar-refractivity contribution in [3.05, 3.63) is 74.9 Å². The molecule has 0 radical (unpaired) electrons. The van der Waals surface area contributed by atoms with E-state index >= 15 is 0 Å². The number of aliphatic hydroxyl groups excluding tert-OH is 1. The predicted molar refractivity (Wildman–Crippen MR) is 120 cm³/mol. The van der Waals surface area contributed by atoms with Gasteiger partial charge in [0, 0.05) is 12.6 Å². The molecule has 4 rings (SSSR count). The Morgan fingerprint density at radius 2 is 1.88 bits per heavy atom. The minimum absolute atomic E-state index is 0.0121. The molecule has 1 unspecified atom stereocenters. The number of aliphatic hydroxyl groups is 1. The number of benzene rings is 2. The number of nitrogens with one attached hydrogen (secondary N) is 1. The molecule has 2 aromatic carbocycles.